The second kappa shape index (κ2) is 8.37. The molecule has 2 fully saturated rings. The van der Waals surface area contributed by atoms with Crippen molar-refractivity contribution in [2.24, 2.45) is 0 Å². The van der Waals surface area contributed by atoms with Crippen molar-refractivity contribution in [3.63, 3.8) is 0 Å². The lowest BCUT2D eigenvalue weighted by Crippen LogP contribution is -2.25. The Labute approximate surface area is 184 Å². The third-order valence-electron chi connectivity index (χ3n) is 4.85. The number of aromatic nitrogens is 1. The first-order valence-corrected chi connectivity index (χ1v) is 11.8. The van der Waals surface area contributed by atoms with Crippen LogP contribution in [0.25, 0.3) is 0 Å². The Morgan fingerprint density at radius 2 is 1.47 bits per heavy atom. The van der Waals surface area contributed by atoms with E-state index in [0.29, 0.717) is 40.1 Å². The maximum absolute atomic E-state index is 13.2. The fourth-order valence-electron chi connectivity index (χ4n) is 3.51. The third-order valence-corrected chi connectivity index (χ3v) is 7.41. The van der Waals surface area contributed by atoms with Crippen LogP contribution in [0.4, 0.5) is 0 Å². The summed E-state index contributed by atoms with van der Waals surface area (Å²) in [5.41, 5.74) is 0.555. The van der Waals surface area contributed by atoms with Crippen molar-refractivity contribution in [3.8, 4) is 0 Å². The van der Waals surface area contributed by atoms with E-state index in [4.69, 9.17) is 18.9 Å². The highest BCUT2D eigenvalue weighted by molar-refractivity contribution is 8.08. The molecule has 0 aromatic carbocycles. The van der Waals surface area contributed by atoms with Gasteiger partial charge in [-0.05, 0) is 39.8 Å². The molecule has 2 saturated heterocycles. The molecule has 3 heterocycles. The number of ketones is 2. The van der Waals surface area contributed by atoms with Gasteiger partial charge < -0.3 is 18.9 Å². The minimum absolute atomic E-state index is 0.144. The fraction of sp³-hybridized carbons (Fsp3) is 0.571. The number of Topliss-reactive ketones (excluding diaryl/α,β-unsaturated/α-hetero) is 2. The van der Waals surface area contributed by atoms with Crippen LogP contribution in [-0.4, -0.2) is 65.1 Å². The van der Waals surface area contributed by atoms with Gasteiger partial charge in [-0.25, -0.2) is 0 Å². The zero-order valence-electron chi connectivity index (χ0n) is 17.4. The highest BCUT2D eigenvalue weighted by atomic mass is 32.2. The molecule has 0 saturated carbocycles. The van der Waals surface area contributed by atoms with Crippen LogP contribution in [0.2, 0.25) is 0 Å². The quantitative estimate of drug-likeness (QED) is 0.646. The lowest BCUT2D eigenvalue weighted by Gasteiger charge is -2.22. The van der Waals surface area contributed by atoms with Crippen LogP contribution in [-0.2, 0) is 18.9 Å². The van der Waals surface area contributed by atoms with Crippen molar-refractivity contribution in [3.05, 3.63) is 39.4 Å². The minimum Gasteiger partial charge on any atom is -0.348 e. The Kier molecular flexibility index (Phi) is 6.13. The monoisotopic (exact) mass is 451 g/mol. The molecule has 1 aromatic rings. The van der Waals surface area contributed by atoms with Crippen molar-refractivity contribution in [1.29, 1.82) is 0 Å². The molecule has 4 rings (SSSR count). The Morgan fingerprint density at radius 1 is 0.933 bits per heavy atom. The third kappa shape index (κ3) is 4.66. The lowest BCUT2D eigenvalue weighted by atomic mass is 10.00. The average Bonchev–Trinajstić information content (AvgIpc) is 3.23. The molecule has 1 aliphatic carbocycles. The van der Waals surface area contributed by atoms with Crippen LogP contribution in [0, 0.1) is 0 Å². The predicted octanol–water partition coefficient (Wildman–Crippen LogP) is 3.44. The molecule has 162 valence electrons. The van der Waals surface area contributed by atoms with Gasteiger partial charge in [0.2, 0.25) is 11.6 Å². The van der Waals surface area contributed by atoms with Crippen LogP contribution >= 0.6 is 23.5 Å². The molecule has 2 aliphatic heterocycles. The molecule has 0 amide bonds. The number of ether oxygens (including phenoxy) is 4. The number of hydrogen-bond donors (Lipinski definition) is 0. The number of pyridine rings is 1. The normalized spacial score (nSPS) is 27.6. The molecule has 2 unspecified atom stereocenters. The Bertz CT molecular complexity index is 826. The van der Waals surface area contributed by atoms with Crippen LogP contribution in [0.3, 0.4) is 0 Å². The first-order chi connectivity index (χ1) is 14.2. The number of allylic oxidation sites excluding steroid dienone is 2. The number of thioether (sulfide) groups is 2. The van der Waals surface area contributed by atoms with Crippen molar-refractivity contribution in [2.45, 2.75) is 51.5 Å². The van der Waals surface area contributed by atoms with Crippen molar-refractivity contribution >= 4 is 35.1 Å². The molecule has 0 N–H and O–H groups in total. The van der Waals surface area contributed by atoms with Crippen LogP contribution in [0.15, 0.2) is 28.1 Å². The number of carbonyl (C=O) groups is 2. The van der Waals surface area contributed by atoms with Gasteiger partial charge >= 0.3 is 0 Å². The molecular formula is C21H25NO6S2. The average molecular weight is 452 g/mol. The van der Waals surface area contributed by atoms with E-state index >= 15 is 0 Å². The summed E-state index contributed by atoms with van der Waals surface area (Å²) in [4.78, 5) is 31.4. The maximum atomic E-state index is 13.2. The highest BCUT2D eigenvalue weighted by Gasteiger charge is 2.38. The molecule has 2 atom stereocenters. The van der Waals surface area contributed by atoms with Gasteiger partial charge in [0.25, 0.3) is 0 Å². The molecule has 3 aliphatic rings. The number of fused-ring (bicyclic) bond motifs is 1. The fourth-order valence-corrected chi connectivity index (χ4v) is 5.81. The van der Waals surface area contributed by atoms with Crippen LogP contribution in [0.1, 0.15) is 48.5 Å². The number of rotatable bonds is 6. The van der Waals surface area contributed by atoms with E-state index in [0.717, 1.165) is 0 Å². The molecule has 0 spiro atoms. The Balaban J connectivity index is 1.54. The molecule has 9 heteroatoms. The molecule has 0 radical (unpaired) electrons. The zero-order chi connectivity index (χ0) is 21.5. The lowest BCUT2D eigenvalue weighted by molar-refractivity contribution is -0.136. The van der Waals surface area contributed by atoms with Gasteiger partial charge in [0, 0.05) is 17.7 Å². The van der Waals surface area contributed by atoms with Crippen molar-refractivity contribution in [1.82, 2.24) is 4.98 Å². The Morgan fingerprint density at radius 3 is 1.97 bits per heavy atom. The topological polar surface area (TPSA) is 84.0 Å². The summed E-state index contributed by atoms with van der Waals surface area (Å²) in [6, 6.07) is 3.33. The van der Waals surface area contributed by atoms with Crippen LogP contribution in [0.5, 0.6) is 0 Å². The molecule has 30 heavy (non-hydrogen) atoms. The van der Waals surface area contributed by atoms with Gasteiger partial charge in [0.15, 0.2) is 11.6 Å². The summed E-state index contributed by atoms with van der Waals surface area (Å²) in [5, 5.41) is 0. The van der Waals surface area contributed by atoms with Gasteiger partial charge in [0.05, 0.1) is 40.8 Å². The van der Waals surface area contributed by atoms with E-state index in [1.54, 1.807) is 12.1 Å². The first-order valence-electron chi connectivity index (χ1n) is 9.83. The minimum atomic E-state index is -0.635. The molecule has 1 aromatic heterocycles. The second-order valence-electron chi connectivity index (χ2n) is 8.24. The largest absolute Gasteiger partial charge is 0.348 e. The van der Waals surface area contributed by atoms with E-state index in [9.17, 15) is 9.59 Å². The van der Waals surface area contributed by atoms with Gasteiger partial charge in [-0.3, -0.25) is 14.6 Å². The standard InChI is InChI=1S/C21H25NO6S2/c1-20(2)25-8-12(27-20)10-29-18-16(23)14-6-5-7-22-15(14)17(24)19(18)30-11-13-9-26-21(3,4)28-13/h5-7,12-13H,8-11H2,1-4H3. The summed E-state index contributed by atoms with van der Waals surface area (Å²) < 4.78 is 22.9. The summed E-state index contributed by atoms with van der Waals surface area (Å²) in [6.07, 6.45) is 1.24. The van der Waals surface area contributed by atoms with E-state index < -0.39 is 11.6 Å². The first kappa shape index (κ1) is 22.0. The van der Waals surface area contributed by atoms with E-state index in [2.05, 4.69) is 4.98 Å². The number of hydrogen-bond acceptors (Lipinski definition) is 9. The van der Waals surface area contributed by atoms with E-state index in [-0.39, 0.29) is 29.5 Å². The summed E-state index contributed by atoms with van der Waals surface area (Å²) in [5.74, 6) is -0.628. The SMILES string of the molecule is CC1(C)OCC(CSC2=C(SCC3COC(C)(C)O3)C(=O)c3ncccc3C2=O)O1. The molecular weight excluding hydrogens is 426 g/mol. The van der Waals surface area contributed by atoms with Crippen molar-refractivity contribution < 1.29 is 28.5 Å². The maximum Gasteiger partial charge on any atom is 0.219 e. The predicted molar refractivity (Wildman–Crippen MR) is 115 cm³/mol. The van der Waals surface area contributed by atoms with Gasteiger partial charge in [-0.15, -0.1) is 23.5 Å². The summed E-state index contributed by atoms with van der Waals surface area (Å²) >= 11 is 2.68. The highest BCUT2D eigenvalue weighted by Crippen LogP contribution is 2.40. The zero-order valence-corrected chi connectivity index (χ0v) is 19.1. The second-order valence-corrected chi connectivity index (χ2v) is 10.3. The van der Waals surface area contributed by atoms with Gasteiger partial charge in [-0.1, -0.05) is 0 Å². The van der Waals surface area contributed by atoms with E-state index in [1.807, 2.05) is 27.7 Å². The molecule has 0 bridgehead atoms. The Hall–Kier alpha value is -1.23. The number of nitrogens with zero attached hydrogens (tertiary/aromatic N) is 1. The van der Waals surface area contributed by atoms with Crippen molar-refractivity contribution in [2.75, 3.05) is 24.7 Å². The van der Waals surface area contributed by atoms with Crippen LogP contribution < -0.4 is 0 Å². The van der Waals surface area contributed by atoms with Gasteiger partial charge in [0.1, 0.15) is 5.69 Å². The summed E-state index contributed by atoms with van der Waals surface area (Å²) in [7, 11) is 0. The van der Waals surface area contributed by atoms with E-state index in [1.165, 1.54) is 29.7 Å². The smallest absolute Gasteiger partial charge is 0.219 e. The summed E-state index contributed by atoms with van der Waals surface area (Å²) in [6.45, 7) is 8.35. The molecule has 7 nitrogen and oxygen atoms in total. The van der Waals surface area contributed by atoms with Gasteiger partial charge in [-0.2, -0.15) is 0 Å². The number of carbonyl (C=O) groups excluding carboxylic acids is 2.